The molecule has 0 unspecified atom stereocenters. The molecule has 11 nitrogen and oxygen atoms in total. The highest BCUT2D eigenvalue weighted by Gasteiger charge is 2.35. The first-order valence-corrected chi connectivity index (χ1v) is 14.2. The topological polar surface area (TPSA) is 125 Å². The zero-order valence-corrected chi connectivity index (χ0v) is 24.5. The molecule has 0 saturated heterocycles. The summed E-state index contributed by atoms with van der Waals surface area (Å²) in [6.45, 7) is -0.205. The van der Waals surface area contributed by atoms with Crippen molar-refractivity contribution < 1.29 is 28.6 Å². The Morgan fingerprint density at radius 2 is 1.70 bits per heavy atom. The number of hydrogen-bond acceptors (Lipinski definition) is 8. The van der Waals surface area contributed by atoms with Gasteiger partial charge in [0.15, 0.2) is 11.5 Å². The molecule has 0 spiro atoms. The molecule has 4 aromatic rings. The van der Waals surface area contributed by atoms with Crippen molar-refractivity contribution in [3.8, 4) is 11.5 Å². The number of anilines is 1. The van der Waals surface area contributed by atoms with Gasteiger partial charge in [0.25, 0.3) is 0 Å². The minimum atomic E-state index is -1.11. The smallest absolute Gasteiger partial charge is 0.337 e. The Kier molecular flexibility index (Phi) is 9.19. The Hall–Kier alpha value is -4.93. The maximum atomic E-state index is 14.4. The number of ether oxygens (including phenoxy) is 3. The number of carbonyl (C=O) groups is 3. The predicted octanol–water partition coefficient (Wildman–Crippen LogP) is 4.46. The highest BCUT2D eigenvalue weighted by atomic mass is 16.5. The van der Waals surface area contributed by atoms with Crippen molar-refractivity contribution in [3.63, 3.8) is 0 Å². The van der Waals surface area contributed by atoms with E-state index >= 15 is 0 Å². The number of fused-ring (bicyclic) bond motifs is 1. The second kappa shape index (κ2) is 13.4. The molecule has 0 radical (unpaired) electrons. The van der Waals surface area contributed by atoms with Crippen LogP contribution in [0.3, 0.4) is 0 Å². The van der Waals surface area contributed by atoms with Crippen LogP contribution >= 0.6 is 0 Å². The van der Waals surface area contributed by atoms with Crippen LogP contribution in [0, 0.1) is 0 Å². The molecule has 1 saturated carbocycles. The SMILES string of the molecule is COC(=O)c1cccc(N(C(=O)Cn2nnc3ccccc32)[C@H](C(=O)NC2CCCCC2)c2ccc(OC)c(OC)c2)c1. The van der Waals surface area contributed by atoms with E-state index in [1.807, 2.05) is 24.3 Å². The van der Waals surface area contributed by atoms with Crippen molar-refractivity contribution >= 4 is 34.5 Å². The number of nitrogens with one attached hydrogen (secondary N) is 1. The fourth-order valence-corrected chi connectivity index (χ4v) is 5.54. The minimum absolute atomic E-state index is 0.0125. The molecule has 0 bridgehead atoms. The molecule has 5 rings (SSSR count). The van der Waals surface area contributed by atoms with E-state index in [1.54, 1.807) is 42.5 Å². The van der Waals surface area contributed by atoms with Crippen LogP contribution in [0.15, 0.2) is 66.7 Å². The Morgan fingerprint density at radius 1 is 0.930 bits per heavy atom. The normalized spacial score (nSPS) is 14.1. The third-order valence-electron chi connectivity index (χ3n) is 7.70. The fourth-order valence-electron chi connectivity index (χ4n) is 5.54. The highest BCUT2D eigenvalue weighted by Crippen LogP contribution is 2.35. The molecule has 1 heterocycles. The first kappa shape index (κ1) is 29.6. The number of hydrogen-bond donors (Lipinski definition) is 1. The van der Waals surface area contributed by atoms with E-state index in [-0.39, 0.29) is 24.1 Å². The van der Waals surface area contributed by atoms with Gasteiger partial charge in [0.2, 0.25) is 11.8 Å². The molecule has 224 valence electrons. The number of aromatic nitrogens is 3. The Morgan fingerprint density at radius 3 is 2.44 bits per heavy atom. The van der Waals surface area contributed by atoms with Crippen molar-refractivity contribution in [1.82, 2.24) is 20.3 Å². The lowest BCUT2D eigenvalue weighted by molar-refractivity contribution is -0.127. The van der Waals surface area contributed by atoms with Gasteiger partial charge in [-0.1, -0.05) is 48.7 Å². The number of nitrogens with zero attached hydrogens (tertiary/aromatic N) is 4. The molecule has 11 heteroatoms. The summed E-state index contributed by atoms with van der Waals surface area (Å²) in [5.74, 6) is -0.452. The lowest BCUT2D eigenvalue weighted by Gasteiger charge is -2.34. The highest BCUT2D eigenvalue weighted by molar-refractivity contribution is 6.02. The second-order valence-corrected chi connectivity index (χ2v) is 10.4. The molecule has 1 aliphatic rings. The van der Waals surface area contributed by atoms with Crippen molar-refractivity contribution in [2.24, 2.45) is 0 Å². The minimum Gasteiger partial charge on any atom is -0.493 e. The number of para-hydroxylation sites is 1. The summed E-state index contributed by atoms with van der Waals surface area (Å²) in [6, 6.07) is 17.8. The zero-order valence-electron chi connectivity index (χ0n) is 24.5. The van der Waals surface area contributed by atoms with Gasteiger partial charge in [0.1, 0.15) is 18.1 Å². The first-order valence-electron chi connectivity index (χ1n) is 14.2. The molecule has 1 N–H and O–H groups in total. The van der Waals surface area contributed by atoms with Gasteiger partial charge in [-0.25, -0.2) is 9.48 Å². The summed E-state index contributed by atoms with van der Waals surface area (Å²) >= 11 is 0. The Balaban J connectivity index is 1.63. The van der Waals surface area contributed by atoms with Crippen LogP contribution in [-0.4, -0.2) is 60.1 Å². The molecule has 1 atom stereocenters. The van der Waals surface area contributed by atoms with E-state index in [1.165, 1.54) is 30.9 Å². The van der Waals surface area contributed by atoms with E-state index in [4.69, 9.17) is 14.2 Å². The van der Waals surface area contributed by atoms with Gasteiger partial charge in [0.05, 0.1) is 32.4 Å². The van der Waals surface area contributed by atoms with Crippen LogP contribution in [0.5, 0.6) is 11.5 Å². The van der Waals surface area contributed by atoms with Crippen molar-refractivity contribution in [2.75, 3.05) is 26.2 Å². The molecule has 3 aromatic carbocycles. The van der Waals surface area contributed by atoms with Crippen LogP contribution in [-0.2, 0) is 20.9 Å². The number of rotatable bonds is 10. The van der Waals surface area contributed by atoms with E-state index in [0.29, 0.717) is 33.8 Å². The van der Waals surface area contributed by atoms with Crippen molar-refractivity contribution in [2.45, 2.75) is 50.7 Å². The number of methoxy groups -OCH3 is 3. The summed E-state index contributed by atoms with van der Waals surface area (Å²) in [5.41, 5.74) is 2.40. The quantitative estimate of drug-likeness (QED) is 0.271. The van der Waals surface area contributed by atoms with Gasteiger partial charge in [0, 0.05) is 11.7 Å². The predicted molar refractivity (Wildman–Crippen MR) is 160 cm³/mol. The molecule has 1 aliphatic carbocycles. The molecular formula is C32H35N5O6. The molecule has 2 amide bonds. The van der Waals surface area contributed by atoms with Gasteiger partial charge in [-0.3, -0.25) is 14.5 Å². The lowest BCUT2D eigenvalue weighted by Crippen LogP contribution is -2.48. The van der Waals surface area contributed by atoms with Gasteiger partial charge in [-0.2, -0.15) is 0 Å². The van der Waals surface area contributed by atoms with E-state index in [9.17, 15) is 14.4 Å². The largest absolute Gasteiger partial charge is 0.493 e. The fraction of sp³-hybridized carbons (Fsp3) is 0.344. The van der Waals surface area contributed by atoms with Crippen LogP contribution in [0.4, 0.5) is 5.69 Å². The van der Waals surface area contributed by atoms with Gasteiger partial charge in [-0.05, 0) is 60.9 Å². The van der Waals surface area contributed by atoms with Crippen molar-refractivity contribution in [1.29, 1.82) is 0 Å². The lowest BCUT2D eigenvalue weighted by atomic mass is 9.94. The van der Waals surface area contributed by atoms with Crippen LogP contribution in [0.25, 0.3) is 11.0 Å². The summed E-state index contributed by atoms with van der Waals surface area (Å²) in [6.07, 6.45) is 4.90. The average Bonchev–Trinajstić information content (AvgIpc) is 3.45. The van der Waals surface area contributed by atoms with Crippen LogP contribution in [0.1, 0.15) is 54.1 Å². The van der Waals surface area contributed by atoms with Gasteiger partial charge in [-0.15, -0.1) is 5.10 Å². The third-order valence-corrected chi connectivity index (χ3v) is 7.70. The molecule has 0 aliphatic heterocycles. The monoisotopic (exact) mass is 585 g/mol. The van der Waals surface area contributed by atoms with E-state index < -0.39 is 17.9 Å². The van der Waals surface area contributed by atoms with E-state index in [0.717, 1.165) is 32.1 Å². The van der Waals surface area contributed by atoms with Crippen LogP contribution in [0.2, 0.25) is 0 Å². The molecule has 43 heavy (non-hydrogen) atoms. The summed E-state index contributed by atoms with van der Waals surface area (Å²) in [7, 11) is 4.33. The van der Waals surface area contributed by atoms with E-state index in [2.05, 4.69) is 15.6 Å². The number of benzene rings is 3. The first-order chi connectivity index (χ1) is 20.9. The zero-order chi connectivity index (χ0) is 30.3. The molecular weight excluding hydrogens is 550 g/mol. The van der Waals surface area contributed by atoms with Crippen LogP contribution < -0.4 is 19.7 Å². The second-order valence-electron chi connectivity index (χ2n) is 10.4. The van der Waals surface area contributed by atoms with Gasteiger partial charge >= 0.3 is 5.97 Å². The maximum absolute atomic E-state index is 14.4. The standard InChI is InChI=1S/C32H35N5O6/c1-41-27-17-16-21(19-28(27)42-2)30(31(39)33-23-11-5-4-6-12-23)37(24-13-9-10-22(18-24)32(40)43-3)29(38)20-36-26-15-8-7-14-25(26)34-35-36/h7-10,13-19,23,30H,4-6,11-12,20H2,1-3H3,(H,33,39)/t30-/m0/s1. The molecule has 1 aromatic heterocycles. The number of esters is 1. The Bertz CT molecular complexity index is 1610. The Labute approximate surface area is 249 Å². The third kappa shape index (κ3) is 6.45. The van der Waals surface area contributed by atoms with Crippen molar-refractivity contribution in [3.05, 3.63) is 77.9 Å². The summed E-state index contributed by atoms with van der Waals surface area (Å²) in [4.78, 5) is 42.5. The maximum Gasteiger partial charge on any atom is 0.337 e. The van der Waals surface area contributed by atoms with Gasteiger partial charge < -0.3 is 19.5 Å². The molecule has 1 fully saturated rings. The summed E-state index contributed by atoms with van der Waals surface area (Å²) in [5, 5.41) is 11.6. The average molecular weight is 586 g/mol. The number of amides is 2. The number of carbonyl (C=O) groups excluding carboxylic acids is 3. The summed E-state index contributed by atoms with van der Waals surface area (Å²) < 4.78 is 17.4.